The molecule has 132 valence electrons. The van der Waals surface area contributed by atoms with E-state index in [9.17, 15) is 4.79 Å². The largest absolute Gasteiger partial charge is 0.497 e. The van der Waals surface area contributed by atoms with Gasteiger partial charge in [0, 0.05) is 30.5 Å². The van der Waals surface area contributed by atoms with Gasteiger partial charge in [0.15, 0.2) is 0 Å². The molecule has 3 rings (SSSR count). The highest BCUT2D eigenvalue weighted by Gasteiger charge is 2.15. The number of carbonyl (C=O) groups excluding carboxylic acids is 1. The second kappa shape index (κ2) is 7.83. The Morgan fingerprint density at radius 3 is 2.60 bits per heavy atom. The molecule has 1 aliphatic rings. The van der Waals surface area contributed by atoms with Gasteiger partial charge in [-0.15, -0.1) is 0 Å². The lowest BCUT2D eigenvalue weighted by Gasteiger charge is -2.17. The van der Waals surface area contributed by atoms with Crippen LogP contribution in [0.15, 0.2) is 30.3 Å². The Kier molecular flexibility index (Phi) is 5.33. The normalized spacial score (nSPS) is 13.6. The Labute approximate surface area is 147 Å². The van der Waals surface area contributed by atoms with Crippen LogP contribution in [0.25, 0.3) is 0 Å². The van der Waals surface area contributed by atoms with Crippen molar-refractivity contribution in [3.8, 4) is 5.75 Å². The van der Waals surface area contributed by atoms with Crippen LogP contribution in [-0.2, 0) is 6.54 Å². The summed E-state index contributed by atoms with van der Waals surface area (Å²) in [5, 5.41) is 5.57. The van der Waals surface area contributed by atoms with Crippen LogP contribution >= 0.6 is 0 Å². The number of anilines is 2. The van der Waals surface area contributed by atoms with Gasteiger partial charge in [-0.25, -0.2) is 14.8 Å². The lowest BCUT2D eigenvalue weighted by Crippen LogP contribution is -2.29. The second-order valence-corrected chi connectivity index (χ2v) is 6.01. The summed E-state index contributed by atoms with van der Waals surface area (Å²) in [7, 11) is 1.60. The summed E-state index contributed by atoms with van der Waals surface area (Å²) in [6.45, 7) is 4.29. The molecule has 0 aliphatic carbocycles. The number of methoxy groups -OCH3 is 1. The third-order valence-electron chi connectivity index (χ3n) is 4.07. The predicted octanol–water partition coefficient (Wildman–Crippen LogP) is 2.72. The fourth-order valence-corrected chi connectivity index (χ4v) is 2.81. The number of hydrogen-bond donors (Lipinski definition) is 2. The third kappa shape index (κ3) is 4.59. The fraction of sp³-hybridized carbons (Fsp3) is 0.389. The Bertz CT molecular complexity index is 727. The van der Waals surface area contributed by atoms with Crippen LogP contribution < -0.4 is 20.3 Å². The highest BCUT2D eigenvalue weighted by Crippen LogP contribution is 2.18. The number of nitrogens with one attached hydrogen (secondary N) is 2. The number of amides is 2. The van der Waals surface area contributed by atoms with Crippen LogP contribution in [0.3, 0.4) is 0 Å². The van der Waals surface area contributed by atoms with Gasteiger partial charge in [-0.3, -0.25) is 0 Å². The van der Waals surface area contributed by atoms with Gasteiger partial charge in [-0.2, -0.15) is 0 Å². The van der Waals surface area contributed by atoms with Gasteiger partial charge < -0.3 is 20.3 Å². The van der Waals surface area contributed by atoms with Crippen LogP contribution in [0, 0.1) is 6.92 Å². The minimum atomic E-state index is -0.294. The molecule has 1 aromatic carbocycles. The smallest absolute Gasteiger partial charge is 0.319 e. The van der Waals surface area contributed by atoms with Crippen LogP contribution in [0.2, 0.25) is 0 Å². The van der Waals surface area contributed by atoms with Crippen LogP contribution in [-0.4, -0.2) is 36.2 Å². The molecule has 0 unspecified atom stereocenters. The number of ether oxygens (including phenoxy) is 1. The van der Waals surface area contributed by atoms with Crippen molar-refractivity contribution in [2.45, 2.75) is 26.3 Å². The van der Waals surface area contributed by atoms with Crippen LogP contribution in [0.5, 0.6) is 5.75 Å². The Morgan fingerprint density at radius 1 is 1.20 bits per heavy atom. The van der Waals surface area contributed by atoms with Gasteiger partial charge in [0.2, 0.25) is 0 Å². The summed E-state index contributed by atoms with van der Waals surface area (Å²) >= 11 is 0. The van der Waals surface area contributed by atoms with E-state index >= 15 is 0 Å². The SMILES string of the molecule is COc1ccc(NC(=O)NCc2nc(C)cc(N3CCCC3)n2)cc1. The van der Waals surface area contributed by atoms with Gasteiger partial charge in [-0.1, -0.05) is 0 Å². The first-order valence-corrected chi connectivity index (χ1v) is 8.42. The number of aromatic nitrogens is 2. The molecule has 0 bridgehead atoms. The van der Waals surface area contributed by atoms with Crippen molar-refractivity contribution in [2.75, 3.05) is 30.4 Å². The zero-order valence-corrected chi connectivity index (χ0v) is 14.6. The molecule has 1 fully saturated rings. The number of nitrogens with zero attached hydrogens (tertiary/aromatic N) is 3. The molecule has 2 amide bonds. The molecule has 1 aliphatic heterocycles. The summed E-state index contributed by atoms with van der Waals surface area (Å²) in [5.74, 6) is 2.30. The van der Waals surface area contributed by atoms with Crippen molar-refractivity contribution >= 4 is 17.5 Å². The van der Waals surface area contributed by atoms with E-state index in [0.29, 0.717) is 11.5 Å². The first-order chi connectivity index (χ1) is 12.1. The molecule has 1 aromatic heterocycles. The number of urea groups is 1. The van der Waals surface area contributed by atoms with Crippen molar-refractivity contribution in [1.82, 2.24) is 15.3 Å². The second-order valence-electron chi connectivity index (χ2n) is 6.01. The molecule has 1 saturated heterocycles. The monoisotopic (exact) mass is 341 g/mol. The van der Waals surface area contributed by atoms with Crippen molar-refractivity contribution in [3.05, 3.63) is 41.9 Å². The molecule has 0 spiro atoms. The highest BCUT2D eigenvalue weighted by atomic mass is 16.5. The molecule has 0 radical (unpaired) electrons. The van der Waals surface area contributed by atoms with Crippen molar-refractivity contribution in [2.24, 2.45) is 0 Å². The molecular weight excluding hydrogens is 318 g/mol. The van der Waals surface area contributed by atoms with Crippen LogP contribution in [0.1, 0.15) is 24.4 Å². The maximum absolute atomic E-state index is 12.0. The summed E-state index contributed by atoms with van der Waals surface area (Å²) in [4.78, 5) is 23.3. The van der Waals surface area contributed by atoms with E-state index in [1.54, 1.807) is 31.4 Å². The minimum absolute atomic E-state index is 0.282. The number of benzene rings is 1. The van der Waals surface area contributed by atoms with E-state index in [4.69, 9.17) is 4.74 Å². The quantitative estimate of drug-likeness (QED) is 0.874. The molecule has 0 saturated carbocycles. The third-order valence-corrected chi connectivity index (χ3v) is 4.07. The summed E-state index contributed by atoms with van der Waals surface area (Å²) in [5.41, 5.74) is 1.60. The Balaban J connectivity index is 1.57. The van der Waals surface area contributed by atoms with E-state index in [2.05, 4.69) is 25.5 Å². The van der Waals surface area contributed by atoms with E-state index in [-0.39, 0.29) is 12.6 Å². The van der Waals surface area contributed by atoms with Crippen LogP contribution in [0.4, 0.5) is 16.3 Å². The summed E-state index contributed by atoms with van der Waals surface area (Å²) < 4.78 is 5.10. The first kappa shape index (κ1) is 17.0. The van der Waals surface area contributed by atoms with Crippen molar-refractivity contribution in [3.63, 3.8) is 0 Å². The van der Waals surface area contributed by atoms with E-state index in [0.717, 1.165) is 30.4 Å². The van der Waals surface area contributed by atoms with E-state index < -0.39 is 0 Å². The van der Waals surface area contributed by atoms with Crippen molar-refractivity contribution in [1.29, 1.82) is 0 Å². The van der Waals surface area contributed by atoms with Gasteiger partial charge in [0.25, 0.3) is 0 Å². The highest BCUT2D eigenvalue weighted by molar-refractivity contribution is 5.89. The maximum atomic E-state index is 12.0. The standard InChI is InChI=1S/C18H23N5O2/c1-13-11-17(23-9-3-4-10-23)22-16(20-13)12-19-18(24)21-14-5-7-15(25-2)8-6-14/h5-8,11H,3-4,9-10,12H2,1-2H3,(H2,19,21,24). The molecule has 0 atom stereocenters. The topological polar surface area (TPSA) is 79.4 Å². The molecular formula is C18H23N5O2. The molecule has 7 nitrogen and oxygen atoms in total. The molecule has 2 N–H and O–H groups in total. The van der Waals surface area contributed by atoms with Gasteiger partial charge in [0.05, 0.1) is 13.7 Å². The predicted molar refractivity (Wildman–Crippen MR) is 97.1 cm³/mol. The molecule has 7 heteroatoms. The van der Waals surface area contributed by atoms with Gasteiger partial charge in [0.1, 0.15) is 17.4 Å². The summed E-state index contributed by atoms with van der Waals surface area (Å²) in [6.07, 6.45) is 2.39. The van der Waals surface area contributed by atoms with Gasteiger partial charge >= 0.3 is 6.03 Å². The minimum Gasteiger partial charge on any atom is -0.497 e. The number of rotatable bonds is 5. The lowest BCUT2D eigenvalue weighted by atomic mass is 10.3. The van der Waals surface area contributed by atoms with E-state index in [1.807, 2.05) is 13.0 Å². The Morgan fingerprint density at radius 2 is 1.92 bits per heavy atom. The summed E-state index contributed by atoms with van der Waals surface area (Å²) in [6, 6.07) is 8.85. The lowest BCUT2D eigenvalue weighted by molar-refractivity contribution is 0.251. The average Bonchev–Trinajstić information content (AvgIpc) is 3.15. The zero-order chi connectivity index (χ0) is 17.6. The average molecular weight is 341 g/mol. The Hall–Kier alpha value is -2.83. The maximum Gasteiger partial charge on any atom is 0.319 e. The number of hydrogen-bond acceptors (Lipinski definition) is 5. The van der Waals surface area contributed by atoms with Gasteiger partial charge in [-0.05, 0) is 44.0 Å². The molecule has 2 aromatic rings. The zero-order valence-electron chi connectivity index (χ0n) is 14.6. The number of carbonyl (C=O) groups is 1. The fourth-order valence-electron chi connectivity index (χ4n) is 2.81. The molecule has 2 heterocycles. The number of aryl methyl sites for hydroxylation is 1. The van der Waals surface area contributed by atoms with Crippen molar-refractivity contribution < 1.29 is 9.53 Å². The first-order valence-electron chi connectivity index (χ1n) is 8.42. The molecule has 25 heavy (non-hydrogen) atoms. The van der Waals surface area contributed by atoms with E-state index in [1.165, 1.54) is 12.8 Å².